The van der Waals surface area contributed by atoms with Gasteiger partial charge in [0.1, 0.15) is 0 Å². The molecule has 0 bridgehead atoms. The van der Waals surface area contributed by atoms with Crippen molar-refractivity contribution in [2.24, 2.45) is 0 Å². The highest BCUT2D eigenvalue weighted by atomic mass is 32.1. The van der Waals surface area contributed by atoms with Gasteiger partial charge < -0.3 is 4.90 Å². The smallest absolute Gasteiger partial charge is 0.227 e. The summed E-state index contributed by atoms with van der Waals surface area (Å²) in [4.78, 5) is 18.0. The Bertz CT molecular complexity index is 597. The molecule has 2 aromatic rings. The van der Waals surface area contributed by atoms with E-state index in [1.165, 1.54) is 5.56 Å². The summed E-state index contributed by atoms with van der Waals surface area (Å²) in [6, 6.07) is 15.0. The molecule has 0 aliphatic carbocycles. The van der Waals surface area contributed by atoms with Gasteiger partial charge in [0.2, 0.25) is 5.91 Å². The van der Waals surface area contributed by atoms with Gasteiger partial charge in [0.05, 0.1) is 6.42 Å². The van der Waals surface area contributed by atoms with Crippen LogP contribution in [0.15, 0.2) is 47.8 Å². The molecule has 116 valence electrons. The third-order valence-corrected chi connectivity index (χ3v) is 5.13. The summed E-state index contributed by atoms with van der Waals surface area (Å²) in [6.07, 6.45) is 0.545. The Morgan fingerprint density at radius 2 is 2.00 bits per heavy atom. The van der Waals surface area contributed by atoms with Crippen molar-refractivity contribution in [3.8, 4) is 0 Å². The van der Waals surface area contributed by atoms with E-state index in [1.54, 1.807) is 11.3 Å². The molecule has 22 heavy (non-hydrogen) atoms. The molecule has 0 saturated carbocycles. The number of piperazine rings is 1. The van der Waals surface area contributed by atoms with E-state index in [1.807, 2.05) is 28.5 Å². The minimum atomic E-state index is 0.258. The zero-order valence-electron chi connectivity index (χ0n) is 12.9. The summed E-state index contributed by atoms with van der Waals surface area (Å²) in [7, 11) is 0. The number of hydrogen-bond donors (Lipinski definition) is 0. The van der Waals surface area contributed by atoms with Gasteiger partial charge in [0.15, 0.2) is 0 Å². The van der Waals surface area contributed by atoms with Crippen LogP contribution in [0, 0.1) is 0 Å². The molecular weight excluding hydrogens is 292 g/mol. The summed E-state index contributed by atoms with van der Waals surface area (Å²) < 4.78 is 0. The number of rotatable bonds is 4. The molecule has 3 rings (SSSR count). The molecule has 3 nitrogen and oxygen atoms in total. The lowest BCUT2D eigenvalue weighted by atomic mass is 10.1. The highest BCUT2D eigenvalue weighted by Gasteiger charge is 2.26. The van der Waals surface area contributed by atoms with E-state index in [0.717, 1.165) is 31.1 Å². The van der Waals surface area contributed by atoms with Gasteiger partial charge in [0.25, 0.3) is 0 Å². The Balaban J connectivity index is 1.54. The van der Waals surface area contributed by atoms with E-state index >= 15 is 0 Å². The summed E-state index contributed by atoms with van der Waals surface area (Å²) in [5, 5.41) is 2.03. The maximum absolute atomic E-state index is 12.4. The van der Waals surface area contributed by atoms with Crippen molar-refractivity contribution in [2.75, 3.05) is 19.6 Å². The maximum Gasteiger partial charge on any atom is 0.227 e. The number of benzene rings is 1. The molecule has 0 N–H and O–H groups in total. The molecule has 1 aliphatic heterocycles. The van der Waals surface area contributed by atoms with Crippen LogP contribution < -0.4 is 0 Å². The summed E-state index contributed by atoms with van der Waals surface area (Å²) in [6.45, 7) is 5.80. The van der Waals surface area contributed by atoms with Crippen molar-refractivity contribution in [1.29, 1.82) is 0 Å². The Morgan fingerprint density at radius 1 is 1.18 bits per heavy atom. The van der Waals surface area contributed by atoms with Gasteiger partial charge in [-0.1, -0.05) is 36.4 Å². The van der Waals surface area contributed by atoms with Crippen LogP contribution in [-0.4, -0.2) is 41.4 Å². The number of amides is 1. The van der Waals surface area contributed by atoms with Crippen molar-refractivity contribution in [3.05, 3.63) is 58.3 Å². The van der Waals surface area contributed by atoms with Crippen LogP contribution in [0.1, 0.15) is 17.4 Å². The summed E-state index contributed by atoms with van der Waals surface area (Å²) in [5.74, 6) is 0.258. The third kappa shape index (κ3) is 3.76. The predicted molar refractivity (Wildman–Crippen MR) is 90.9 cm³/mol. The van der Waals surface area contributed by atoms with Crippen LogP contribution in [0.4, 0.5) is 0 Å². The van der Waals surface area contributed by atoms with Crippen LogP contribution in [0.3, 0.4) is 0 Å². The first-order chi connectivity index (χ1) is 10.7. The zero-order valence-corrected chi connectivity index (χ0v) is 13.8. The molecule has 1 aromatic heterocycles. The Hall–Kier alpha value is -1.65. The van der Waals surface area contributed by atoms with E-state index < -0.39 is 0 Å². The summed E-state index contributed by atoms with van der Waals surface area (Å²) in [5.41, 5.74) is 1.34. The number of carbonyl (C=O) groups excluding carboxylic acids is 1. The first kappa shape index (κ1) is 15.3. The van der Waals surface area contributed by atoms with E-state index in [-0.39, 0.29) is 5.91 Å². The molecule has 4 heteroatoms. The van der Waals surface area contributed by atoms with Crippen molar-refractivity contribution < 1.29 is 4.79 Å². The first-order valence-electron chi connectivity index (χ1n) is 7.80. The van der Waals surface area contributed by atoms with Crippen molar-refractivity contribution >= 4 is 17.2 Å². The maximum atomic E-state index is 12.4. The van der Waals surface area contributed by atoms with Gasteiger partial charge in [-0.05, 0) is 23.9 Å². The summed E-state index contributed by atoms with van der Waals surface area (Å²) >= 11 is 1.66. The largest absolute Gasteiger partial charge is 0.340 e. The lowest BCUT2D eigenvalue weighted by Gasteiger charge is -2.40. The van der Waals surface area contributed by atoms with Crippen LogP contribution >= 0.6 is 11.3 Å². The average molecular weight is 314 g/mol. The molecular formula is C18H22N2OS. The van der Waals surface area contributed by atoms with E-state index in [4.69, 9.17) is 0 Å². The molecule has 1 fully saturated rings. The van der Waals surface area contributed by atoms with Gasteiger partial charge in [-0.15, -0.1) is 11.3 Å². The minimum absolute atomic E-state index is 0.258. The lowest BCUT2D eigenvalue weighted by molar-refractivity contribution is -0.133. The fourth-order valence-electron chi connectivity index (χ4n) is 2.95. The lowest BCUT2D eigenvalue weighted by Crippen LogP contribution is -2.53. The quantitative estimate of drug-likeness (QED) is 0.866. The molecule has 0 radical (unpaired) electrons. The van der Waals surface area contributed by atoms with Gasteiger partial charge in [-0.3, -0.25) is 9.69 Å². The Kier molecular flexibility index (Phi) is 4.90. The minimum Gasteiger partial charge on any atom is -0.340 e. The standard InChI is InChI=1S/C18H22N2OS/c1-15-13-20(18(21)12-17-8-5-11-22-17)10-9-19(15)14-16-6-3-2-4-7-16/h2-8,11,15H,9-10,12-14H2,1H3. The Morgan fingerprint density at radius 3 is 2.68 bits per heavy atom. The molecule has 1 atom stereocenters. The van der Waals surface area contributed by atoms with E-state index in [9.17, 15) is 4.79 Å². The molecule has 1 saturated heterocycles. The molecule has 1 amide bonds. The van der Waals surface area contributed by atoms with Crippen LogP contribution in [0.2, 0.25) is 0 Å². The second kappa shape index (κ2) is 7.07. The average Bonchev–Trinajstić information content (AvgIpc) is 3.03. The van der Waals surface area contributed by atoms with E-state index in [0.29, 0.717) is 12.5 Å². The van der Waals surface area contributed by atoms with Gasteiger partial charge in [0, 0.05) is 37.1 Å². The molecule has 1 unspecified atom stereocenters. The fourth-order valence-corrected chi connectivity index (χ4v) is 3.64. The van der Waals surface area contributed by atoms with Crippen molar-refractivity contribution in [3.63, 3.8) is 0 Å². The Labute approximate surface area is 136 Å². The van der Waals surface area contributed by atoms with Gasteiger partial charge in [-0.25, -0.2) is 0 Å². The zero-order chi connectivity index (χ0) is 15.4. The molecule has 1 aliphatic rings. The van der Waals surface area contributed by atoms with Crippen molar-refractivity contribution in [2.45, 2.75) is 25.9 Å². The number of thiophene rings is 1. The van der Waals surface area contributed by atoms with Crippen LogP contribution in [0.5, 0.6) is 0 Å². The molecule has 2 heterocycles. The van der Waals surface area contributed by atoms with Gasteiger partial charge >= 0.3 is 0 Å². The topological polar surface area (TPSA) is 23.6 Å². The monoisotopic (exact) mass is 314 g/mol. The highest BCUT2D eigenvalue weighted by molar-refractivity contribution is 7.10. The van der Waals surface area contributed by atoms with Crippen molar-refractivity contribution in [1.82, 2.24) is 9.80 Å². The second-order valence-electron chi connectivity index (χ2n) is 5.90. The normalized spacial score (nSPS) is 19.3. The van der Waals surface area contributed by atoms with Crippen LogP contribution in [0.25, 0.3) is 0 Å². The number of carbonyl (C=O) groups is 1. The number of hydrogen-bond acceptors (Lipinski definition) is 3. The molecule has 0 spiro atoms. The SMILES string of the molecule is CC1CN(C(=O)Cc2cccs2)CCN1Cc1ccccc1. The predicted octanol–water partition coefficient (Wildman–Crippen LogP) is 3.02. The van der Waals surface area contributed by atoms with E-state index in [2.05, 4.69) is 36.1 Å². The highest BCUT2D eigenvalue weighted by Crippen LogP contribution is 2.16. The van der Waals surface area contributed by atoms with Crippen LogP contribution in [-0.2, 0) is 17.8 Å². The number of nitrogens with zero attached hydrogens (tertiary/aromatic N) is 2. The first-order valence-corrected chi connectivity index (χ1v) is 8.68. The molecule has 1 aromatic carbocycles. The third-order valence-electron chi connectivity index (χ3n) is 4.25. The fraction of sp³-hybridized carbons (Fsp3) is 0.389. The second-order valence-corrected chi connectivity index (χ2v) is 6.93. The van der Waals surface area contributed by atoms with Gasteiger partial charge in [-0.2, -0.15) is 0 Å².